The van der Waals surface area contributed by atoms with Crippen LogP contribution in [0.15, 0.2) is 60.7 Å². The summed E-state index contributed by atoms with van der Waals surface area (Å²) in [7, 11) is 1.57. The molecule has 28 heavy (non-hydrogen) atoms. The van der Waals surface area contributed by atoms with Gasteiger partial charge >= 0.3 is 0 Å². The molecule has 0 saturated heterocycles. The smallest absolute Gasteiger partial charge is 0.255 e. The van der Waals surface area contributed by atoms with E-state index in [9.17, 15) is 4.79 Å². The molecule has 3 aromatic carbocycles. The van der Waals surface area contributed by atoms with Crippen molar-refractivity contribution in [1.29, 1.82) is 0 Å². The van der Waals surface area contributed by atoms with Crippen molar-refractivity contribution in [3.63, 3.8) is 0 Å². The fourth-order valence-corrected chi connectivity index (χ4v) is 2.93. The molecule has 1 N–H and O–H groups in total. The van der Waals surface area contributed by atoms with E-state index in [1.165, 1.54) is 0 Å². The minimum absolute atomic E-state index is 0.235. The third kappa shape index (κ3) is 5.10. The second kappa shape index (κ2) is 9.20. The van der Waals surface area contributed by atoms with Crippen LogP contribution in [0.4, 0.5) is 5.69 Å². The number of benzene rings is 3. The second-order valence-electron chi connectivity index (χ2n) is 5.85. The quantitative estimate of drug-likeness (QED) is 0.480. The van der Waals surface area contributed by atoms with Crippen LogP contribution in [0.1, 0.15) is 15.9 Å². The van der Waals surface area contributed by atoms with Gasteiger partial charge in [-0.05, 0) is 60.7 Å². The van der Waals surface area contributed by atoms with Gasteiger partial charge in [0.25, 0.3) is 5.91 Å². The van der Waals surface area contributed by atoms with Gasteiger partial charge in [-0.25, -0.2) is 0 Å². The molecule has 0 aliphatic carbocycles. The molecular formula is C21H16Cl3NO3. The first-order valence-corrected chi connectivity index (χ1v) is 9.41. The van der Waals surface area contributed by atoms with Gasteiger partial charge in [0, 0.05) is 21.8 Å². The summed E-state index contributed by atoms with van der Waals surface area (Å²) in [6, 6.07) is 17.1. The van der Waals surface area contributed by atoms with Gasteiger partial charge in [-0.1, -0.05) is 34.8 Å². The lowest BCUT2D eigenvalue weighted by molar-refractivity contribution is 0.102. The SMILES string of the molecule is COc1ccc(C(=O)Nc2ccc(Cl)c(Cl)c2)cc1COc1ccc(Cl)cc1. The highest BCUT2D eigenvalue weighted by molar-refractivity contribution is 6.42. The van der Waals surface area contributed by atoms with E-state index in [1.54, 1.807) is 67.8 Å². The maximum Gasteiger partial charge on any atom is 0.255 e. The predicted molar refractivity (Wildman–Crippen MR) is 113 cm³/mol. The number of rotatable bonds is 6. The normalized spacial score (nSPS) is 10.4. The zero-order chi connectivity index (χ0) is 20.1. The first kappa shape index (κ1) is 20.3. The number of amides is 1. The van der Waals surface area contributed by atoms with E-state index in [-0.39, 0.29) is 12.5 Å². The van der Waals surface area contributed by atoms with E-state index in [0.717, 1.165) is 5.56 Å². The Morgan fingerprint density at radius 3 is 2.36 bits per heavy atom. The molecule has 0 radical (unpaired) electrons. The van der Waals surface area contributed by atoms with Crippen molar-refractivity contribution in [3.8, 4) is 11.5 Å². The standard InChI is InChI=1S/C21H16Cl3NO3/c1-27-20-9-2-13(21(26)25-16-5-8-18(23)19(24)11-16)10-14(20)12-28-17-6-3-15(22)4-7-17/h2-11H,12H2,1H3,(H,25,26). The second-order valence-corrected chi connectivity index (χ2v) is 7.10. The van der Waals surface area contributed by atoms with Crippen molar-refractivity contribution < 1.29 is 14.3 Å². The van der Waals surface area contributed by atoms with Gasteiger partial charge in [0.05, 0.1) is 17.2 Å². The predicted octanol–water partition coefficient (Wildman–Crippen LogP) is 6.49. The Bertz CT molecular complexity index is 991. The Morgan fingerprint density at radius 1 is 0.929 bits per heavy atom. The van der Waals surface area contributed by atoms with Crippen molar-refractivity contribution in [2.24, 2.45) is 0 Å². The van der Waals surface area contributed by atoms with E-state index in [0.29, 0.717) is 37.8 Å². The molecule has 0 aromatic heterocycles. The van der Waals surface area contributed by atoms with Gasteiger partial charge in [0.15, 0.2) is 0 Å². The Kier molecular flexibility index (Phi) is 6.68. The fourth-order valence-electron chi connectivity index (χ4n) is 2.50. The number of hydrogen-bond donors (Lipinski definition) is 1. The van der Waals surface area contributed by atoms with Crippen molar-refractivity contribution in [3.05, 3.63) is 86.9 Å². The third-order valence-electron chi connectivity index (χ3n) is 3.93. The lowest BCUT2D eigenvalue weighted by Crippen LogP contribution is -2.13. The van der Waals surface area contributed by atoms with Crippen molar-refractivity contribution >= 4 is 46.4 Å². The highest BCUT2D eigenvalue weighted by Gasteiger charge is 2.12. The summed E-state index contributed by atoms with van der Waals surface area (Å²) in [6.45, 7) is 0.235. The summed E-state index contributed by atoms with van der Waals surface area (Å²) in [6.07, 6.45) is 0. The van der Waals surface area contributed by atoms with Crippen LogP contribution in [-0.4, -0.2) is 13.0 Å². The number of ether oxygens (including phenoxy) is 2. The molecule has 0 spiro atoms. The molecule has 4 nitrogen and oxygen atoms in total. The van der Waals surface area contributed by atoms with E-state index < -0.39 is 0 Å². The van der Waals surface area contributed by atoms with Gasteiger partial charge in [-0.15, -0.1) is 0 Å². The van der Waals surface area contributed by atoms with Gasteiger partial charge in [0.2, 0.25) is 0 Å². The molecule has 7 heteroatoms. The van der Waals surface area contributed by atoms with Crippen LogP contribution < -0.4 is 14.8 Å². The Balaban J connectivity index is 1.76. The van der Waals surface area contributed by atoms with E-state index in [1.807, 2.05) is 0 Å². The third-order valence-corrected chi connectivity index (χ3v) is 4.92. The average Bonchev–Trinajstić information content (AvgIpc) is 2.70. The first-order chi connectivity index (χ1) is 13.5. The van der Waals surface area contributed by atoms with Crippen molar-refractivity contribution in [2.45, 2.75) is 6.61 Å². The molecule has 3 rings (SSSR count). The monoisotopic (exact) mass is 435 g/mol. The number of carbonyl (C=O) groups excluding carboxylic acids is 1. The van der Waals surface area contributed by atoms with Crippen LogP contribution in [0.5, 0.6) is 11.5 Å². The molecule has 0 aliphatic heterocycles. The molecule has 0 atom stereocenters. The number of anilines is 1. The topological polar surface area (TPSA) is 47.6 Å². The molecule has 1 amide bonds. The highest BCUT2D eigenvalue weighted by Crippen LogP contribution is 2.26. The largest absolute Gasteiger partial charge is 0.496 e. The van der Waals surface area contributed by atoms with E-state index in [2.05, 4.69) is 5.32 Å². The lowest BCUT2D eigenvalue weighted by Gasteiger charge is -2.13. The van der Waals surface area contributed by atoms with Crippen LogP contribution in [0.3, 0.4) is 0 Å². The van der Waals surface area contributed by atoms with Crippen LogP contribution in [-0.2, 0) is 6.61 Å². The molecule has 0 saturated carbocycles. The molecule has 0 aliphatic rings. The van der Waals surface area contributed by atoms with Crippen LogP contribution in [0.25, 0.3) is 0 Å². The molecule has 144 valence electrons. The summed E-state index contributed by atoms with van der Waals surface area (Å²) in [5.74, 6) is 1.01. The average molecular weight is 437 g/mol. The number of nitrogens with one attached hydrogen (secondary N) is 1. The number of methoxy groups -OCH3 is 1. The van der Waals surface area contributed by atoms with Gasteiger partial charge < -0.3 is 14.8 Å². The van der Waals surface area contributed by atoms with Crippen LogP contribution >= 0.6 is 34.8 Å². The van der Waals surface area contributed by atoms with Crippen LogP contribution in [0.2, 0.25) is 15.1 Å². The summed E-state index contributed by atoms with van der Waals surface area (Å²) < 4.78 is 11.1. The molecular weight excluding hydrogens is 421 g/mol. The summed E-state index contributed by atoms with van der Waals surface area (Å²) >= 11 is 17.8. The van der Waals surface area contributed by atoms with Gasteiger partial charge in [-0.2, -0.15) is 0 Å². The van der Waals surface area contributed by atoms with Crippen molar-refractivity contribution in [1.82, 2.24) is 0 Å². The van der Waals surface area contributed by atoms with Crippen LogP contribution in [0, 0.1) is 0 Å². The maximum absolute atomic E-state index is 12.6. The fraction of sp³-hybridized carbons (Fsp3) is 0.0952. The molecule has 0 unspecified atom stereocenters. The number of halogens is 3. The van der Waals surface area contributed by atoms with E-state index in [4.69, 9.17) is 44.3 Å². The minimum atomic E-state index is -0.284. The zero-order valence-corrected chi connectivity index (χ0v) is 17.1. The zero-order valence-electron chi connectivity index (χ0n) is 14.8. The molecule has 0 fully saturated rings. The Hall–Kier alpha value is -2.40. The van der Waals surface area contributed by atoms with Gasteiger partial charge in [0.1, 0.15) is 18.1 Å². The molecule has 0 heterocycles. The van der Waals surface area contributed by atoms with Crippen molar-refractivity contribution in [2.75, 3.05) is 12.4 Å². The minimum Gasteiger partial charge on any atom is -0.496 e. The number of carbonyl (C=O) groups is 1. The molecule has 3 aromatic rings. The summed E-state index contributed by atoms with van der Waals surface area (Å²) in [4.78, 5) is 12.6. The lowest BCUT2D eigenvalue weighted by atomic mass is 10.1. The van der Waals surface area contributed by atoms with E-state index >= 15 is 0 Å². The number of hydrogen-bond acceptors (Lipinski definition) is 3. The molecule has 0 bridgehead atoms. The van der Waals surface area contributed by atoms with Gasteiger partial charge in [-0.3, -0.25) is 4.79 Å². The summed E-state index contributed by atoms with van der Waals surface area (Å²) in [5, 5.41) is 4.21. The Morgan fingerprint density at radius 2 is 1.68 bits per heavy atom. The Labute approximate surface area is 177 Å². The maximum atomic E-state index is 12.6. The summed E-state index contributed by atoms with van der Waals surface area (Å²) in [5.41, 5.74) is 1.75. The highest BCUT2D eigenvalue weighted by atomic mass is 35.5. The first-order valence-electron chi connectivity index (χ1n) is 8.28.